The average molecular weight is 406 g/mol. The molecule has 2 aliphatic rings. The Balaban J connectivity index is 1.34. The predicted octanol–water partition coefficient (Wildman–Crippen LogP) is 2.91. The van der Waals surface area contributed by atoms with E-state index in [1.54, 1.807) is 6.33 Å². The van der Waals surface area contributed by atoms with Crippen molar-refractivity contribution in [3.8, 4) is 0 Å². The highest BCUT2D eigenvalue weighted by Gasteiger charge is 2.29. The van der Waals surface area contributed by atoms with Gasteiger partial charge in [0.1, 0.15) is 12.1 Å². The summed E-state index contributed by atoms with van der Waals surface area (Å²) < 4.78 is 1.87. The number of rotatable bonds is 2. The maximum atomic E-state index is 12.7. The first-order chi connectivity index (χ1) is 14.6. The minimum Gasteiger partial charge on any atom is -0.353 e. The van der Waals surface area contributed by atoms with Crippen LogP contribution in [-0.2, 0) is 12.8 Å². The third-order valence-electron chi connectivity index (χ3n) is 6.15. The lowest BCUT2D eigenvalue weighted by atomic mass is 9.88. The minimum atomic E-state index is -0.0447. The molecule has 8 heteroatoms. The van der Waals surface area contributed by atoms with Crippen molar-refractivity contribution < 1.29 is 4.79 Å². The zero-order valence-corrected chi connectivity index (χ0v) is 17.5. The van der Waals surface area contributed by atoms with Gasteiger partial charge in [0, 0.05) is 37.4 Å². The SMILES string of the molecule is Cc1cccc(NC(=O)N2CCN(c3c4c(nc5ncnn35)C[C@@H](C)CC4)CC2)c1. The van der Waals surface area contributed by atoms with Gasteiger partial charge in [-0.05, 0) is 49.8 Å². The Morgan fingerprint density at radius 3 is 2.83 bits per heavy atom. The summed E-state index contributed by atoms with van der Waals surface area (Å²) in [7, 11) is 0. The second kappa shape index (κ2) is 7.59. The molecule has 0 unspecified atom stereocenters. The van der Waals surface area contributed by atoms with Crippen molar-refractivity contribution in [3.63, 3.8) is 0 Å². The van der Waals surface area contributed by atoms with E-state index in [9.17, 15) is 4.79 Å². The number of nitrogens with one attached hydrogen (secondary N) is 1. The third kappa shape index (κ3) is 3.46. The van der Waals surface area contributed by atoms with Crippen LogP contribution in [0.5, 0.6) is 0 Å². The summed E-state index contributed by atoms with van der Waals surface area (Å²) in [6, 6.07) is 7.85. The van der Waals surface area contributed by atoms with E-state index in [-0.39, 0.29) is 6.03 Å². The van der Waals surface area contributed by atoms with Crippen LogP contribution in [0.15, 0.2) is 30.6 Å². The Hall–Kier alpha value is -3.16. The second-order valence-corrected chi connectivity index (χ2v) is 8.45. The maximum absolute atomic E-state index is 12.7. The molecule has 1 aliphatic carbocycles. The molecule has 8 nitrogen and oxygen atoms in total. The van der Waals surface area contributed by atoms with Crippen molar-refractivity contribution >= 4 is 23.3 Å². The molecular weight excluding hydrogens is 378 g/mol. The lowest BCUT2D eigenvalue weighted by Crippen LogP contribution is -2.51. The molecule has 1 saturated heterocycles. The molecule has 1 fully saturated rings. The number of fused-ring (bicyclic) bond motifs is 2. The zero-order valence-electron chi connectivity index (χ0n) is 17.5. The van der Waals surface area contributed by atoms with Crippen molar-refractivity contribution in [2.45, 2.75) is 33.1 Å². The van der Waals surface area contributed by atoms with Gasteiger partial charge in [-0.3, -0.25) is 0 Å². The van der Waals surface area contributed by atoms with Gasteiger partial charge in [0.25, 0.3) is 5.78 Å². The Labute approximate surface area is 175 Å². The van der Waals surface area contributed by atoms with E-state index in [1.165, 1.54) is 12.0 Å². The molecule has 1 atom stereocenters. The van der Waals surface area contributed by atoms with Crippen LogP contribution in [0.1, 0.15) is 30.2 Å². The molecule has 0 saturated carbocycles. The van der Waals surface area contributed by atoms with Crippen LogP contribution in [0.3, 0.4) is 0 Å². The highest BCUT2D eigenvalue weighted by atomic mass is 16.2. The number of nitrogens with zero attached hydrogens (tertiary/aromatic N) is 6. The minimum absolute atomic E-state index is 0.0447. The first kappa shape index (κ1) is 18.8. The van der Waals surface area contributed by atoms with E-state index in [2.05, 4.69) is 27.2 Å². The summed E-state index contributed by atoms with van der Waals surface area (Å²) in [5.41, 5.74) is 4.42. The number of benzene rings is 1. The number of carbonyl (C=O) groups excluding carboxylic acids is 1. The molecule has 1 aliphatic heterocycles. The van der Waals surface area contributed by atoms with Crippen molar-refractivity contribution in [3.05, 3.63) is 47.4 Å². The molecular formula is C22H27N7O. The van der Waals surface area contributed by atoms with Crippen LogP contribution < -0.4 is 10.2 Å². The largest absolute Gasteiger partial charge is 0.353 e. The highest BCUT2D eigenvalue weighted by molar-refractivity contribution is 5.89. The molecule has 0 spiro atoms. The van der Waals surface area contributed by atoms with Crippen LogP contribution in [0, 0.1) is 12.8 Å². The van der Waals surface area contributed by atoms with Gasteiger partial charge in [-0.25, -0.2) is 9.78 Å². The fourth-order valence-corrected chi connectivity index (χ4v) is 4.53. The first-order valence-electron chi connectivity index (χ1n) is 10.7. The molecule has 2 amide bonds. The van der Waals surface area contributed by atoms with Crippen LogP contribution in [0.4, 0.5) is 16.3 Å². The van der Waals surface area contributed by atoms with E-state index in [0.717, 1.165) is 48.7 Å². The van der Waals surface area contributed by atoms with E-state index in [1.807, 2.05) is 40.6 Å². The smallest absolute Gasteiger partial charge is 0.321 e. The normalized spacial score (nSPS) is 19.1. The fourth-order valence-electron chi connectivity index (χ4n) is 4.53. The lowest BCUT2D eigenvalue weighted by molar-refractivity contribution is 0.208. The van der Waals surface area contributed by atoms with Crippen molar-refractivity contribution in [1.29, 1.82) is 0 Å². The van der Waals surface area contributed by atoms with Gasteiger partial charge in [-0.1, -0.05) is 19.1 Å². The van der Waals surface area contributed by atoms with Gasteiger partial charge >= 0.3 is 6.03 Å². The van der Waals surface area contributed by atoms with Crippen LogP contribution in [-0.4, -0.2) is 56.7 Å². The quantitative estimate of drug-likeness (QED) is 0.709. The molecule has 3 heterocycles. The monoisotopic (exact) mass is 405 g/mol. The second-order valence-electron chi connectivity index (χ2n) is 8.45. The summed E-state index contributed by atoms with van der Waals surface area (Å²) >= 11 is 0. The highest BCUT2D eigenvalue weighted by Crippen LogP contribution is 2.32. The van der Waals surface area contributed by atoms with E-state index in [0.29, 0.717) is 24.8 Å². The van der Waals surface area contributed by atoms with Gasteiger partial charge in [-0.2, -0.15) is 14.6 Å². The third-order valence-corrected chi connectivity index (χ3v) is 6.15. The summed E-state index contributed by atoms with van der Waals surface area (Å²) in [6.45, 7) is 7.17. The number of aryl methyl sites for hydroxylation is 1. The molecule has 2 aromatic heterocycles. The summed E-state index contributed by atoms with van der Waals surface area (Å²) in [4.78, 5) is 26.1. The first-order valence-corrected chi connectivity index (χ1v) is 10.7. The molecule has 5 rings (SSSR count). The average Bonchev–Trinajstić information content (AvgIpc) is 3.20. The van der Waals surface area contributed by atoms with Crippen molar-refractivity contribution in [2.24, 2.45) is 5.92 Å². The van der Waals surface area contributed by atoms with E-state index >= 15 is 0 Å². The molecule has 0 radical (unpaired) electrons. The Kier molecular flexibility index (Phi) is 4.77. The number of amides is 2. The number of anilines is 2. The standard InChI is InChI=1S/C22H27N7O/c1-15-4-3-5-17(12-15)25-22(30)28-10-8-27(9-11-28)20-18-7-6-16(2)13-19(18)26-21-23-14-24-29(20)21/h3-5,12,14,16H,6-11,13H2,1-2H3,(H,25,30)/t16-/m0/s1. The van der Waals surface area contributed by atoms with Crippen molar-refractivity contribution in [1.82, 2.24) is 24.5 Å². The summed E-state index contributed by atoms with van der Waals surface area (Å²) in [5, 5.41) is 7.47. The van der Waals surface area contributed by atoms with Gasteiger partial charge in [0.05, 0.1) is 5.69 Å². The van der Waals surface area contributed by atoms with Crippen LogP contribution in [0.2, 0.25) is 0 Å². The molecule has 1 N–H and O–H groups in total. The van der Waals surface area contributed by atoms with Gasteiger partial charge in [0.15, 0.2) is 0 Å². The Bertz CT molecular complexity index is 1080. The lowest BCUT2D eigenvalue weighted by Gasteiger charge is -2.37. The van der Waals surface area contributed by atoms with Gasteiger partial charge in [0.2, 0.25) is 0 Å². The molecule has 30 heavy (non-hydrogen) atoms. The number of piperazine rings is 1. The van der Waals surface area contributed by atoms with Gasteiger partial charge < -0.3 is 15.1 Å². The Morgan fingerprint density at radius 2 is 2.03 bits per heavy atom. The van der Waals surface area contributed by atoms with E-state index in [4.69, 9.17) is 4.98 Å². The number of hydrogen-bond donors (Lipinski definition) is 1. The number of carbonyl (C=O) groups is 1. The molecule has 1 aromatic carbocycles. The predicted molar refractivity (Wildman–Crippen MR) is 116 cm³/mol. The zero-order chi connectivity index (χ0) is 20.7. The topological polar surface area (TPSA) is 78.7 Å². The van der Waals surface area contributed by atoms with Crippen LogP contribution >= 0.6 is 0 Å². The number of urea groups is 1. The fraction of sp³-hybridized carbons (Fsp3) is 0.455. The van der Waals surface area contributed by atoms with Crippen molar-refractivity contribution in [2.75, 3.05) is 36.4 Å². The Morgan fingerprint density at radius 1 is 1.20 bits per heavy atom. The maximum Gasteiger partial charge on any atom is 0.321 e. The molecule has 156 valence electrons. The number of hydrogen-bond acceptors (Lipinski definition) is 5. The van der Waals surface area contributed by atoms with E-state index < -0.39 is 0 Å². The summed E-state index contributed by atoms with van der Waals surface area (Å²) in [5.74, 6) is 2.42. The number of aromatic nitrogens is 4. The molecule has 3 aromatic rings. The van der Waals surface area contributed by atoms with Crippen LogP contribution in [0.25, 0.3) is 5.78 Å². The summed E-state index contributed by atoms with van der Waals surface area (Å²) in [6.07, 6.45) is 4.75. The van der Waals surface area contributed by atoms with Gasteiger partial charge in [-0.15, -0.1) is 0 Å². The molecule has 0 bridgehead atoms.